The second-order valence-corrected chi connectivity index (χ2v) is 8.17. The molecule has 0 aliphatic rings. The van der Waals surface area contributed by atoms with Gasteiger partial charge in [-0.25, -0.2) is 4.79 Å². The predicted octanol–water partition coefficient (Wildman–Crippen LogP) is 4.97. The topological polar surface area (TPSA) is 65.5 Å². The molecule has 0 N–H and O–H groups in total. The highest BCUT2D eigenvalue weighted by atomic mass is 79.9. The summed E-state index contributed by atoms with van der Waals surface area (Å²) in [6.07, 6.45) is 0.570. The van der Waals surface area contributed by atoms with Crippen LogP contribution in [0.3, 0.4) is 0 Å². The van der Waals surface area contributed by atoms with Gasteiger partial charge in [0.2, 0.25) is 0 Å². The van der Waals surface area contributed by atoms with E-state index in [1.54, 1.807) is 13.8 Å². The molecule has 1 aromatic heterocycles. The first-order chi connectivity index (χ1) is 12.7. The number of hydrogen-bond acceptors (Lipinski definition) is 5. The van der Waals surface area contributed by atoms with Crippen molar-refractivity contribution in [3.8, 4) is 0 Å². The molecule has 146 valence electrons. The van der Waals surface area contributed by atoms with E-state index in [9.17, 15) is 9.59 Å². The van der Waals surface area contributed by atoms with Gasteiger partial charge in [0, 0.05) is 21.7 Å². The van der Waals surface area contributed by atoms with Crippen LogP contribution in [0.4, 0.5) is 0 Å². The van der Waals surface area contributed by atoms with E-state index in [0.717, 1.165) is 20.9 Å². The normalized spacial score (nSPS) is 11.5. The Labute approximate surface area is 168 Å². The second kappa shape index (κ2) is 8.83. The van der Waals surface area contributed by atoms with Crippen LogP contribution in [0, 0.1) is 0 Å². The molecule has 0 spiro atoms. The first-order valence-corrected chi connectivity index (χ1v) is 9.93. The number of fused-ring (bicyclic) bond motifs is 1. The Bertz CT molecular complexity index is 855. The van der Waals surface area contributed by atoms with Crippen molar-refractivity contribution in [2.24, 2.45) is 0 Å². The molecule has 2 rings (SSSR count). The molecule has 0 aliphatic carbocycles. The molecule has 0 fully saturated rings. The van der Waals surface area contributed by atoms with Crippen LogP contribution in [0.25, 0.3) is 10.9 Å². The number of ether oxygens (including phenoxy) is 2. The second-order valence-electron chi connectivity index (χ2n) is 7.25. The lowest BCUT2D eigenvalue weighted by Gasteiger charge is -2.24. The lowest BCUT2D eigenvalue weighted by molar-refractivity contribution is -0.143. The molecule has 0 unspecified atom stereocenters. The predicted molar refractivity (Wildman–Crippen MR) is 109 cm³/mol. The van der Waals surface area contributed by atoms with Gasteiger partial charge in [0.1, 0.15) is 0 Å². The van der Waals surface area contributed by atoms with Gasteiger partial charge >= 0.3 is 11.9 Å². The van der Waals surface area contributed by atoms with Gasteiger partial charge in [-0.1, -0.05) is 36.7 Å². The highest BCUT2D eigenvalue weighted by Crippen LogP contribution is 2.33. The SMILES string of the molecule is CCOC(=O)CCc1c(C(=O)OCC)c(C(C)(C)C)nc2ccc(Br)cc12. The van der Waals surface area contributed by atoms with E-state index < -0.39 is 5.97 Å². The number of rotatable bonds is 6. The van der Waals surface area contributed by atoms with Gasteiger partial charge in [0.15, 0.2) is 0 Å². The third-order valence-corrected chi connectivity index (χ3v) is 4.62. The first-order valence-electron chi connectivity index (χ1n) is 9.14. The fourth-order valence-electron chi connectivity index (χ4n) is 2.99. The number of hydrogen-bond donors (Lipinski definition) is 0. The number of nitrogens with zero attached hydrogens (tertiary/aromatic N) is 1. The molecule has 1 aromatic carbocycles. The molecule has 0 saturated heterocycles. The maximum atomic E-state index is 12.8. The van der Waals surface area contributed by atoms with Gasteiger partial charge in [-0.15, -0.1) is 0 Å². The number of carbonyl (C=O) groups is 2. The summed E-state index contributed by atoms with van der Waals surface area (Å²) in [4.78, 5) is 29.6. The summed E-state index contributed by atoms with van der Waals surface area (Å²) in [6, 6.07) is 5.76. The first kappa shape index (κ1) is 21.4. The van der Waals surface area contributed by atoms with E-state index in [0.29, 0.717) is 24.3 Å². The zero-order valence-electron chi connectivity index (χ0n) is 16.5. The summed E-state index contributed by atoms with van der Waals surface area (Å²) in [6.45, 7) is 10.2. The Morgan fingerprint density at radius 2 is 1.78 bits per heavy atom. The van der Waals surface area contributed by atoms with E-state index in [-0.39, 0.29) is 24.4 Å². The maximum Gasteiger partial charge on any atom is 0.340 e. The Morgan fingerprint density at radius 3 is 2.37 bits per heavy atom. The van der Waals surface area contributed by atoms with Crippen LogP contribution in [0.15, 0.2) is 22.7 Å². The van der Waals surface area contributed by atoms with E-state index in [1.165, 1.54) is 0 Å². The number of aromatic nitrogens is 1. The van der Waals surface area contributed by atoms with Crippen molar-refractivity contribution in [3.63, 3.8) is 0 Å². The van der Waals surface area contributed by atoms with Crippen LogP contribution in [-0.2, 0) is 26.1 Å². The maximum absolute atomic E-state index is 12.8. The van der Waals surface area contributed by atoms with E-state index in [4.69, 9.17) is 14.5 Å². The minimum Gasteiger partial charge on any atom is -0.466 e. The van der Waals surface area contributed by atoms with Crippen LogP contribution >= 0.6 is 15.9 Å². The van der Waals surface area contributed by atoms with Crippen molar-refractivity contribution in [1.82, 2.24) is 4.98 Å². The van der Waals surface area contributed by atoms with Gasteiger partial charge in [0.05, 0.1) is 30.0 Å². The number of carbonyl (C=O) groups excluding carboxylic acids is 2. The molecule has 5 nitrogen and oxygen atoms in total. The Kier molecular flexibility index (Phi) is 6.98. The fraction of sp³-hybridized carbons (Fsp3) is 0.476. The minimum absolute atomic E-state index is 0.190. The smallest absolute Gasteiger partial charge is 0.340 e. The van der Waals surface area contributed by atoms with E-state index in [1.807, 2.05) is 39.0 Å². The molecule has 0 saturated carbocycles. The van der Waals surface area contributed by atoms with Gasteiger partial charge in [-0.2, -0.15) is 0 Å². The van der Waals surface area contributed by atoms with Crippen LogP contribution in [0.2, 0.25) is 0 Å². The zero-order valence-corrected chi connectivity index (χ0v) is 18.1. The molecule has 0 aliphatic heterocycles. The molecule has 2 aromatic rings. The van der Waals surface area contributed by atoms with Gasteiger partial charge < -0.3 is 9.47 Å². The molecule has 0 atom stereocenters. The van der Waals surface area contributed by atoms with Gasteiger partial charge in [0.25, 0.3) is 0 Å². The fourth-order valence-corrected chi connectivity index (χ4v) is 3.35. The highest BCUT2D eigenvalue weighted by Gasteiger charge is 2.29. The van der Waals surface area contributed by atoms with Crippen molar-refractivity contribution in [3.05, 3.63) is 39.5 Å². The Morgan fingerprint density at radius 1 is 1.11 bits per heavy atom. The summed E-state index contributed by atoms with van der Waals surface area (Å²) in [7, 11) is 0. The average Bonchev–Trinajstić information content (AvgIpc) is 2.58. The van der Waals surface area contributed by atoms with Crippen molar-refractivity contribution in [2.45, 2.75) is 52.9 Å². The number of esters is 2. The summed E-state index contributed by atoms with van der Waals surface area (Å²) < 4.78 is 11.3. The quantitative estimate of drug-likeness (QED) is 0.599. The third kappa shape index (κ3) is 5.06. The van der Waals surface area contributed by atoms with Crippen LogP contribution in [0.1, 0.15) is 62.7 Å². The average molecular weight is 436 g/mol. The van der Waals surface area contributed by atoms with Crippen molar-refractivity contribution in [1.29, 1.82) is 0 Å². The number of aryl methyl sites for hydroxylation is 1. The monoisotopic (exact) mass is 435 g/mol. The van der Waals surface area contributed by atoms with Crippen molar-refractivity contribution < 1.29 is 19.1 Å². The largest absolute Gasteiger partial charge is 0.466 e. The Hall–Kier alpha value is -1.95. The molecule has 0 bridgehead atoms. The van der Waals surface area contributed by atoms with Crippen molar-refractivity contribution in [2.75, 3.05) is 13.2 Å². The summed E-state index contributed by atoms with van der Waals surface area (Å²) in [5, 5.41) is 0.838. The lowest BCUT2D eigenvalue weighted by atomic mass is 9.84. The number of halogens is 1. The van der Waals surface area contributed by atoms with Crippen LogP contribution in [-0.4, -0.2) is 30.1 Å². The summed E-state index contributed by atoms with van der Waals surface area (Å²) in [5.74, 6) is -0.694. The standard InChI is InChI=1S/C21H26BrNO4/c1-6-26-17(24)11-9-14-15-12-13(22)8-10-16(15)23-19(21(3,4)5)18(14)20(25)27-7-2/h8,10,12H,6-7,9,11H2,1-5H3. The summed E-state index contributed by atoms with van der Waals surface area (Å²) in [5.41, 5.74) is 2.34. The zero-order chi connectivity index (χ0) is 20.2. The molecule has 0 radical (unpaired) electrons. The van der Waals surface area contributed by atoms with E-state index >= 15 is 0 Å². The van der Waals surface area contributed by atoms with E-state index in [2.05, 4.69) is 15.9 Å². The van der Waals surface area contributed by atoms with Gasteiger partial charge in [-0.3, -0.25) is 9.78 Å². The lowest BCUT2D eigenvalue weighted by Crippen LogP contribution is -2.23. The van der Waals surface area contributed by atoms with Crippen LogP contribution < -0.4 is 0 Å². The third-order valence-electron chi connectivity index (χ3n) is 4.13. The minimum atomic E-state index is -0.407. The molecule has 27 heavy (non-hydrogen) atoms. The number of benzene rings is 1. The summed E-state index contributed by atoms with van der Waals surface area (Å²) >= 11 is 3.49. The van der Waals surface area contributed by atoms with Crippen LogP contribution in [0.5, 0.6) is 0 Å². The molecule has 1 heterocycles. The molecule has 6 heteroatoms. The highest BCUT2D eigenvalue weighted by molar-refractivity contribution is 9.10. The molecular formula is C21H26BrNO4. The number of pyridine rings is 1. The molecular weight excluding hydrogens is 410 g/mol. The van der Waals surface area contributed by atoms with Gasteiger partial charge in [-0.05, 0) is 44.0 Å². The molecule has 0 amide bonds. The van der Waals surface area contributed by atoms with Crippen molar-refractivity contribution >= 4 is 38.8 Å². The Balaban J connectivity index is 2.74.